The summed E-state index contributed by atoms with van der Waals surface area (Å²) in [5.41, 5.74) is 3.48. The summed E-state index contributed by atoms with van der Waals surface area (Å²) in [7, 11) is 1.06. The molecule has 0 radical (unpaired) electrons. The van der Waals surface area contributed by atoms with Crippen molar-refractivity contribution in [2.75, 3.05) is 12.8 Å². The van der Waals surface area contributed by atoms with Gasteiger partial charge < -0.3 is 15.0 Å². The highest BCUT2D eigenvalue weighted by atomic mass is 35.5. The van der Waals surface area contributed by atoms with Crippen LogP contribution in [0.4, 0.5) is 18.9 Å². The third-order valence-corrected chi connectivity index (χ3v) is 3.84. The molecule has 0 aliphatic rings. The van der Waals surface area contributed by atoms with Crippen LogP contribution in [-0.2, 0) is 10.9 Å². The molecule has 0 aliphatic heterocycles. The molecule has 0 atom stereocenters. The Kier molecular flexibility index (Phi) is 4.69. The minimum Gasteiger partial charge on any atom is -0.464 e. The summed E-state index contributed by atoms with van der Waals surface area (Å²) in [4.78, 5) is 11.9. The van der Waals surface area contributed by atoms with Gasteiger partial charge in [-0.1, -0.05) is 23.2 Å². The third-order valence-electron chi connectivity index (χ3n) is 3.16. The van der Waals surface area contributed by atoms with Gasteiger partial charge in [-0.25, -0.2) is 4.79 Å². The lowest BCUT2D eigenvalue weighted by Crippen LogP contribution is -2.13. The SMILES string of the molecule is COC(=O)c1c(N)c(C#N)cn1-c1c(Cl)ccc(C(F)(F)F)c1Cl. The molecule has 10 heteroatoms. The van der Waals surface area contributed by atoms with Gasteiger partial charge in [0.2, 0.25) is 0 Å². The van der Waals surface area contributed by atoms with Crippen LogP contribution in [0, 0.1) is 11.3 Å². The zero-order valence-electron chi connectivity index (χ0n) is 11.9. The van der Waals surface area contributed by atoms with Crippen LogP contribution < -0.4 is 5.73 Å². The molecular formula is C14H8Cl2F3N3O2. The van der Waals surface area contributed by atoms with E-state index in [2.05, 4.69) is 4.74 Å². The van der Waals surface area contributed by atoms with Gasteiger partial charge in [-0.3, -0.25) is 0 Å². The Morgan fingerprint density at radius 1 is 1.38 bits per heavy atom. The van der Waals surface area contributed by atoms with Crippen LogP contribution >= 0.6 is 23.2 Å². The van der Waals surface area contributed by atoms with Crippen LogP contribution in [0.5, 0.6) is 0 Å². The topological polar surface area (TPSA) is 81.0 Å². The molecule has 0 spiro atoms. The highest BCUT2D eigenvalue weighted by Gasteiger charge is 2.36. The molecule has 0 aliphatic carbocycles. The predicted molar refractivity (Wildman–Crippen MR) is 81.3 cm³/mol. The summed E-state index contributed by atoms with van der Waals surface area (Å²) < 4.78 is 44.6. The number of aromatic nitrogens is 1. The summed E-state index contributed by atoms with van der Waals surface area (Å²) in [5, 5.41) is 8.13. The number of anilines is 1. The van der Waals surface area contributed by atoms with Crippen LogP contribution in [0.15, 0.2) is 18.3 Å². The Bertz CT molecular complexity index is 870. The summed E-state index contributed by atoms with van der Waals surface area (Å²) >= 11 is 11.8. The van der Waals surface area contributed by atoms with E-state index < -0.39 is 22.7 Å². The van der Waals surface area contributed by atoms with Crippen molar-refractivity contribution >= 4 is 34.9 Å². The van der Waals surface area contributed by atoms with E-state index in [0.717, 1.165) is 23.9 Å². The molecule has 2 N–H and O–H groups in total. The molecule has 24 heavy (non-hydrogen) atoms. The lowest BCUT2D eigenvalue weighted by Gasteiger charge is -2.16. The molecule has 0 amide bonds. The molecule has 126 valence electrons. The lowest BCUT2D eigenvalue weighted by molar-refractivity contribution is -0.137. The number of nitrogen functional groups attached to an aromatic ring is 1. The summed E-state index contributed by atoms with van der Waals surface area (Å²) in [5.74, 6) is -0.960. The fourth-order valence-electron chi connectivity index (χ4n) is 2.07. The number of nitrogens with zero attached hydrogens (tertiary/aromatic N) is 2. The molecule has 2 rings (SSSR count). The van der Waals surface area contributed by atoms with Crippen molar-refractivity contribution < 1.29 is 22.7 Å². The first-order chi connectivity index (χ1) is 11.1. The molecule has 1 aromatic carbocycles. The maximum Gasteiger partial charge on any atom is 0.417 e. The number of nitrogens with two attached hydrogens (primary N) is 1. The van der Waals surface area contributed by atoms with Crippen molar-refractivity contribution in [1.82, 2.24) is 4.57 Å². The average Bonchev–Trinajstić information content (AvgIpc) is 2.81. The van der Waals surface area contributed by atoms with Crippen molar-refractivity contribution in [3.8, 4) is 11.8 Å². The number of ether oxygens (including phenoxy) is 1. The van der Waals surface area contributed by atoms with Gasteiger partial charge in [0.15, 0.2) is 5.69 Å². The Labute approximate surface area is 143 Å². The highest BCUT2D eigenvalue weighted by molar-refractivity contribution is 6.38. The Hall–Kier alpha value is -2.37. The number of hydrogen-bond acceptors (Lipinski definition) is 4. The first kappa shape index (κ1) is 18.0. The molecule has 0 unspecified atom stereocenters. The van der Waals surface area contributed by atoms with E-state index in [1.165, 1.54) is 0 Å². The summed E-state index contributed by atoms with van der Waals surface area (Å²) in [6, 6.07) is 3.42. The number of carbonyl (C=O) groups excluding carboxylic acids is 1. The van der Waals surface area contributed by atoms with Crippen LogP contribution in [0.3, 0.4) is 0 Å². The average molecular weight is 378 g/mol. The van der Waals surface area contributed by atoms with Crippen LogP contribution in [0.2, 0.25) is 10.0 Å². The normalized spacial score (nSPS) is 11.2. The first-order valence-electron chi connectivity index (χ1n) is 6.18. The van der Waals surface area contributed by atoms with Crippen molar-refractivity contribution in [2.24, 2.45) is 0 Å². The van der Waals surface area contributed by atoms with Crippen LogP contribution in [-0.4, -0.2) is 17.6 Å². The fourth-order valence-corrected chi connectivity index (χ4v) is 2.73. The molecule has 0 saturated carbocycles. The van der Waals surface area contributed by atoms with Crippen molar-refractivity contribution in [1.29, 1.82) is 5.26 Å². The Balaban J connectivity index is 2.88. The van der Waals surface area contributed by atoms with Gasteiger partial charge in [0, 0.05) is 6.20 Å². The van der Waals surface area contributed by atoms with E-state index in [0.29, 0.717) is 6.07 Å². The van der Waals surface area contributed by atoms with Gasteiger partial charge in [-0.2, -0.15) is 18.4 Å². The van der Waals surface area contributed by atoms with E-state index in [1.54, 1.807) is 6.07 Å². The number of halogens is 5. The number of alkyl halides is 3. The van der Waals surface area contributed by atoms with Gasteiger partial charge in [-0.05, 0) is 12.1 Å². The molecule has 0 fully saturated rings. The predicted octanol–water partition coefficient (Wildman–Crippen LogP) is 4.04. The minimum absolute atomic E-state index is 0.139. The standard InChI is InChI=1S/C14H8Cl2F3N3O2/c1-24-13(23)12-10(21)6(4-20)5-22(12)11-8(15)3-2-7(9(11)16)14(17,18)19/h2-3,5H,21H2,1H3. The van der Waals surface area contributed by atoms with Gasteiger partial charge in [0.1, 0.15) is 6.07 Å². The van der Waals surface area contributed by atoms with E-state index in [9.17, 15) is 18.0 Å². The molecular weight excluding hydrogens is 370 g/mol. The summed E-state index contributed by atoms with van der Waals surface area (Å²) in [6.45, 7) is 0. The van der Waals surface area contributed by atoms with Crippen LogP contribution in [0.1, 0.15) is 21.6 Å². The van der Waals surface area contributed by atoms with Gasteiger partial charge >= 0.3 is 12.1 Å². The zero-order valence-corrected chi connectivity index (χ0v) is 13.4. The number of methoxy groups -OCH3 is 1. The summed E-state index contributed by atoms with van der Waals surface area (Å²) in [6.07, 6.45) is -3.67. The molecule has 5 nitrogen and oxygen atoms in total. The fraction of sp³-hybridized carbons (Fsp3) is 0.143. The van der Waals surface area contributed by atoms with Crippen molar-refractivity contribution in [3.63, 3.8) is 0 Å². The second-order valence-corrected chi connectivity index (χ2v) is 5.32. The number of hydrogen-bond donors (Lipinski definition) is 1. The van der Waals surface area contributed by atoms with E-state index >= 15 is 0 Å². The zero-order chi connectivity index (χ0) is 18.2. The van der Waals surface area contributed by atoms with E-state index in [4.69, 9.17) is 34.2 Å². The van der Waals surface area contributed by atoms with E-state index in [1.807, 2.05) is 0 Å². The second kappa shape index (κ2) is 6.26. The quantitative estimate of drug-likeness (QED) is 0.800. The number of benzene rings is 1. The maximum atomic E-state index is 13.0. The Morgan fingerprint density at radius 2 is 2.00 bits per heavy atom. The van der Waals surface area contributed by atoms with Crippen molar-refractivity contribution in [2.45, 2.75) is 6.18 Å². The molecule has 2 aromatic rings. The number of esters is 1. The van der Waals surface area contributed by atoms with Gasteiger partial charge in [0.05, 0.1) is 39.7 Å². The lowest BCUT2D eigenvalue weighted by atomic mass is 10.2. The van der Waals surface area contributed by atoms with E-state index in [-0.39, 0.29) is 27.7 Å². The molecule has 1 aromatic heterocycles. The maximum absolute atomic E-state index is 13.0. The highest BCUT2D eigenvalue weighted by Crippen LogP contribution is 2.41. The minimum atomic E-state index is -4.74. The first-order valence-corrected chi connectivity index (χ1v) is 6.93. The monoisotopic (exact) mass is 377 g/mol. The smallest absolute Gasteiger partial charge is 0.417 e. The Morgan fingerprint density at radius 3 is 2.50 bits per heavy atom. The number of carbonyl (C=O) groups is 1. The van der Waals surface area contributed by atoms with Gasteiger partial charge in [0.25, 0.3) is 0 Å². The largest absolute Gasteiger partial charge is 0.464 e. The number of rotatable bonds is 2. The number of nitriles is 1. The molecule has 0 bridgehead atoms. The molecule has 0 saturated heterocycles. The third kappa shape index (κ3) is 2.88. The van der Waals surface area contributed by atoms with Gasteiger partial charge in [-0.15, -0.1) is 0 Å². The second-order valence-electron chi connectivity index (χ2n) is 4.53. The van der Waals surface area contributed by atoms with Crippen molar-refractivity contribution in [3.05, 3.63) is 45.2 Å². The van der Waals surface area contributed by atoms with Crippen LogP contribution in [0.25, 0.3) is 5.69 Å². The molecule has 1 heterocycles.